The summed E-state index contributed by atoms with van der Waals surface area (Å²) >= 11 is 0. The summed E-state index contributed by atoms with van der Waals surface area (Å²) in [5, 5.41) is 6.22. The van der Waals surface area contributed by atoms with Crippen LogP contribution in [0.5, 0.6) is 11.5 Å². The summed E-state index contributed by atoms with van der Waals surface area (Å²) in [7, 11) is 6.39. The molecule has 0 saturated carbocycles. The van der Waals surface area contributed by atoms with Gasteiger partial charge < -0.3 is 29.9 Å². The minimum Gasteiger partial charge on any atom is -0.493 e. The van der Waals surface area contributed by atoms with Gasteiger partial charge in [-0.3, -0.25) is 14.4 Å². The van der Waals surface area contributed by atoms with Crippen molar-refractivity contribution in [1.29, 1.82) is 0 Å². The molecule has 0 saturated heterocycles. The van der Waals surface area contributed by atoms with Crippen molar-refractivity contribution in [3.63, 3.8) is 0 Å². The minimum absolute atomic E-state index is 0.0401. The topological polar surface area (TPSA) is 100 Å². The number of likely N-dealkylation sites (N-methyl/N-ethyl adjacent to an activating group) is 1. The van der Waals surface area contributed by atoms with E-state index in [0.29, 0.717) is 34.9 Å². The molecule has 2 aromatic carbocycles. The number of benzene rings is 2. The van der Waals surface area contributed by atoms with Gasteiger partial charge in [0.2, 0.25) is 11.8 Å². The number of hydrogen-bond acceptors (Lipinski definition) is 6. The highest BCUT2D eigenvalue weighted by Crippen LogP contribution is 2.42. The van der Waals surface area contributed by atoms with Crippen LogP contribution in [0.15, 0.2) is 42.1 Å². The Balaban J connectivity index is 1.91. The van der Waals surface area contributed by atoms with Gasteiger partial charge in [0.1, 0.15) is 6.54 Å². The zero-order valence-electron chi connectivity index (χ0n) is 20.3. The molecule has 2 N–H and O–H groups in total. The molecular weight excluding hydrogens is 436 g/mol. The third-order valence-corrected chi connectivity index (χ3v) is 5.57. The number of anilines is 3. The lowest BCUT2D eigenvalue weighted by Gasteiger charge is -2.23. The first-order valence-corrected chi connectivity index (χ1v) is 10.9. The van der Waals surface area contributed by atoms with Crippen LogP contribution in [0.1, 0.15) is 25.8 Å². The predicted octanol–water partition coefficient (Wildman–Crippen LogP) is 3.33. The SMILES string of the molecule is CC/C(Nc1ccc(N(CC(=O)N(C)C)C(C)=O)cc1)=C1/C(=O)Nc2cc(OC)c(OC)cc21. The standard InChI is InChI=1S/C25H30N4O5/c1-7-19(24-18-12-21(33-5)22(34-6)13-20(18)27-25(24)32)26-16-8-10-17(11-9-16)29(15(2)30)14-23(31)28(3)4/h8-13,26H,7,14H2,1-6H3,(H,27,32)/b24-19-. The van der Waals surface area contributed by atoms with Crippen molar-refractivity contribution in [2.75, 3.05) is 50.4 Å². The molecule has 1 aliphatic heterocycles. The molecule has 0 aromatic heterocycles. The Morgan fingerprint density at radius 3 is 2.18 bits per heavy atom. The van der Waals surface area contributed by atoms with Crippen molar-refractivity contribution in [2.24, 2.45) is 0 Å². The van der Waals surface area contributed by atoms with Crippen LogP contribution in [0.25, 0.3) is 5.57 Å². The summed E-state index contributed by atoms with van der Waals surface area (Å²) in [6.07, 6.45) is 0.579. The normalized spacial score (nSPS) is 13.5. The third-order valence-electron chi connectivity index (χ3n) is 5.57. The molecule has 0 atom stereocenters. The fraction of sp³-hybridized carbons (Fsp3) is 0.320. The van der Waals surface area contributed by atoms with Gasteiger partial charge in [-0.25, -0.2) is 0 Å². The summed E-state index contributed by atoms with van der Waals surface area (Å²) in [6.45, 7) is 3.34. The predicted molar refractivity (Wildman–Crippen MR) is 132 cm³/mol. The van der Waals surface area contributed by atoms with Gasteiger partial charge in [-0.1, -0.05) is 6.92 Å². The lowest BCUT2D eigenvalue weighted by atomic mass is 10.0. The highest BCUT2D eigenvalue weighted by atomic mass is 16.5. The van der Waals surface area contributed by atoms with Crippen LogP contribution >= 0.6 is 0 Å². The van der Waals surface area contributed by atoms with Crippen molar-refractivity contribution in [3.05, 3.63) is 47.7 Å². The van der Waals surface area contributed by atoms with Crippen LogP contribution in [0, 0.1) is 0 Å². The van der Waals surface area contributed by atoms with Crippen molar-refractivity contribution < 1.29 is 23.9 Å². The zero-order valence-corrected chi connectivity index (χ0v) is 20.3. The van der Waals surface area contributed by atoms with Gasteiger partial charge in [-0.2, -0.15) is 0 Å². The number of methoxy groups -OCH3 is 2. The maximum absolute atomic E-state index is 12.8. The lowest BCUT2D eigenvalue weighted by molar-refractivity contribution is -0.129. The van der Waals surface area contributed by atoms with Crippen molar-refractivity contribution >= 4 is 40.4 Å². The van der Waals surface area contributed by atoms with E-state index in [1.807, 2.05) is 19.1 Å². The average molecular weight is 467 g/mol. The zero-order chi connectivity index (χ0) is 25.0. The van der Waals surface area contributed by atoms with Gasteiger partial charge in [0, 0.05) is 49.7 Å². The highest BCUT2D eigenvalue weighted by Gasteiger charge is 2.29. The summed E-state index contributed by atoms with van der Waals surface area (Å²) in [5.41, 5.74) is 4.01. The van der Waals surface area contributed by atoms with Crippen LogP contribution in [-0.2, 0) is 14.4 Å². The first-order valence-electron chi connectivity index (χ1n) is 10.9. The number of rotatable bonds is 8. The molecule has 1 heterocycles. The Kier molecular flexibility index (Phi) is 7.45. The molecule has 0 bridgehead atoms. The first-order chi connectivity index (χ1) is 16.2. The molecule has 0 aliphatic carbocycles. The van der Waals surface area contributed by atoms with E-state index >= 15 is 0 Å². The maximum Gasteiger partial charge on any atom is 0.258 e. The molecule has 3 amide bonds. The minimum atomic E-state index is -0.226. The van der Waals surface area contributed by atoms with Gasteiger partial charge in [-0.15, -0.1) is 0 Å². The number of nitrogens with zero attached hydrogens (tertiary/aromatic N) is 2. The van der Waals surface area contributed by atoms with Gasteiger partial charge in [0.05, 0.1) is 25.5 Å². The van der Waals surface area contributed by atoms with Crippen molar-refractivity contribution in [1.82, 2.24) is 4.90 Å². The Hall–Kier alpha value is -4.01. The smallest absolute Gasteiger partial charge is 0.258 e. The van der Waals surface area contributed by atoms with E-state index in [-0.39, 0.29) is 24.3 Å². The van der Waals surface area contributed by atoms with Gasteiger partial charge in [-0.05, 0) is 36.8 Å². The van der Waals surface area contributed by atoms with E-state index in [1.165, 1.54) is 16.7 Å². The maximum atomic E-state index is 12.8. The highest BCUT2D eigenvalue weighted by molar-refractivity contribution is 6.32. The second-order valence-corrected chi connectivity index (χ2v) is 7.98. The summed E-state index contributed by atoms with van der Waals surface area (Å²) in [6, 6.07) is 10.7. The summed E-state index contributed by atoms with van der Waals surface area (Å²) < 4.78 is 10.7. The third kappa shape index (κ3) is 4.98. The Labute approximate surface area is 199 Å². The molecular formula is C25H30N4O5. The Morgan fingerprint density at radius 1 is 1.03 bits per heavy atom. The first kappa shape index (κ1) is 24.6. The molecule has 9 nitrogen and oxygen atoms in total. The number of ether oxygens (including phenoxy) is 2. The van der Waals surface area contributed by atoms with E-state index in [9.17, 15) is 14.4 Å². The van der Waals surface area contributed by atoms with Gasteiger partial charge in [0.25, 0.3) is 5.91 Å². The molecule has 9 heteroatoms. The monoisotopic (exact) mass is 466 g/mol. The van der Waals surface area contributed by atoms with E-state index in [0.717, 1.165) is 16.9 Å². The number of carbonyl (C=O) groups excluding carboxylic acids is 3. The van der Waals surface area contributed by atoms with Crippen LogP contribution < -0.4 is 25.0 Å². The number of allylic oxidation sites excluding steroid dienone is 1. The number of amides is 3. The molecule has 34 heavy (non-hydrogen) atoms. The molecule has 1 aliphatic rings. The number of hydrogen-bond donors (Lipinski definition) is 2. The molecule has 0 radical (unpaired) electrons. The van der Waals surface area contributed by atoms with E-state index < -0.39 is 0 Å². The molecule has 2 aromatic rings. The summed E-state index contributed by atoms with van der Waals surface area (Å²) in [5.74, 6) is 0.458. The summed E-state index contributed by atoms with van der Waals surface area (Å²) in [4.78, 5) is 39.9. The number of carbonyl (C=O) groups is 3. The van der Waals surface area contributed by atoms with E-state index in [2.05, 4.69) is 10.6 Å². The van der Waals surface area contributed by atoms with E-state index in [1.54, 1.807) is 52.6 Å². The fourth-order valence-electron chi connectivity index (χ4n) is 3.68. The van der Waals surface area contributed by atoms with Crippen molar-refractivity contribution in [3.8, 4) is 11.5 Å². The molecule has 0 spiro atoms. The molecule has 0 unspecified atom stereocenters. The largest absolute Gasteiger partial charge is 0.493 e. The van der Waals surface area contributed by atoms with Gasteiger partial charge >= 0.3 is 0 Å². The van der Waals surface area contributed by atoms with E-state index in [4.69, 9.17) is 9.47 Å². The quantitative estimate of drug-likeness (QED) is 0.579. The molecule has 0 fully saturated rings. The number of nitrogens with one attached hydrogen (secondary N) is 2. The Morgan fingerprint density at radius 2 is 1.65 bits per heavy atom. The second kappa shape index (κ2) is 10.3. The fourth-order valence-corrected chi connectivity index (χ4v) is 3.68. The van der Waals surface area contributed by atoms with Crippen LogP contribution in [-0.4, -0.2) is 57.5 Å². The second-order valence-electron chi connectivity index (χ2n) is 7.98. The van der Waals surface area contributed by atoms with Gasteiger partial charge in [0.15, 0.2) is 11.5 Å². The van der Waals surface area contributed by atoms with Crippen LogP contribution in [0.4, 0.5) is 17.1 Å². The average Bonchev–Trinajstić information content (AvgIpc) is 3.14. The lowest BCUT2D eigenvalue weighted by Crippen LogP contribution is -2.39. The number of fused-ring (bicyclic) bond motifs is 1. The Bertz CT molecular complexity index is 1140. The molecule has 180 valence electrons. The van der Waals surface area contributed by atoms with Crippen LogP contribution in [0.2, 0.25) is 0 Å². The van der Waals surface area contributed by atoms with Crippen molar-refractivity contribution in [2.45, 2.75) is 20.3 Å². The molecule has 3 rings (SSSR count). The van der Waals surface area contributed by atoms with Crippen LogP contribution in [0.3, 0.4) is 0 Å².